The molecule has 0 bridgehead atoms. The van der Waals surface area contributed by atoms with Crippen LogP contribution in [0.1, 0.15) is 11.8 Å². The molecule has 1 N–H and O–H groups in total. The Balaban J connectivity index is 2.00. The molecule has 2 rings (SSSR count). The van der Waals surface area contributed by atoms with Crippen molar-refractivity contribution in [3.05, 3.63) is 53.4 Å². The Morgan fingerprint density at radius 1 is 1.22 bits per heavy atom. The SMILES string of the molecule is CC(=O)NCC=Cc1ccc(-c2ccccc2)s1. The zero-order valence-electron chi connectivity index (χ0n) is 10.2. The maximum atomic E-state index is 10.7. The number of amides is 1. The molecule has 0 atom stereocenters. The van der Waals surface area contributed by atoms with Gasteiger partial charge in [0.05, 0.1) is 0 Å². The van der Waals surface area contributed by atoms with E-state index in [0.29, 0.717) is 6.54 Å². The molecule has 18 heavy (non-hydrogen) atoms. The van der Waals surface area contributed by atoms with Gasteiger partial charge in [-0.3, -0.25) is 4.79 Å². The van der Waals surface area contributed by atoms with E-state index in [0.717, 1.165) is 0 Å². The Morgan fingerprint density at radius 2 is 2.00 bits per heavy atom. The fourth-order valence-electron chi connectivity index (χ4n) is 1.58. The van der Waals surface area contributed by atoms with Gasteiger partial charge in [-0.15, -0.1) is 11.3 Å². The highest BCUT2D eigenvalue weighted by molar-refractivity contribution is 7.16. The lowest BCUT2D eigenvalue weighted by molar-refractivity contribution is -0.118. The minimum absolute atomic E-state index is 0.00389. The maximum absolute atomic E-state index is 10.7. The average Bonchev–Trinajstić information content (AvgIpc) is 2.84. The van der Waals surface area contributed by atoms with Gasteiger partial charge < -0.3 is 5.32 Å². The van der Waals surface area contributed by atoms with Gasteiger partial charge >= 0.3 is 0 Å². The standard InChI is InChI=1S/C15H15NOS/c1-12(17)16-11-5-8-14-9-10-15(18-14)13-6-3-2-4-7-13/h2-10H,11H2,1H3,(H,16,17). The minimum atomic E-state index is -0.00389. The Bertz CT molecular complexity index is 543. The molecule has 0 saturated heterocycles. The van der Waals surface area contributed by atoms with Crippen LogP contribution < -0.4 is 5.32 Å². The van der Waals surface area contributed by atoms with E-state index in [9.17, 15) is 4.79 Å². The third kappa shape index (κ3) is 3.57. The van der Waals surface area contributed by atoms with Crippen molar-refractivity contribution in [2.24, 2.45) is 0 Å². The predicted octanol–water partition coefficient (Wildman–Crippen LogP) is 3.56. The summed E-state index contributed by atoms with van der Waals surface area (Å²) in [6, 6.07) is 14.5. The molecular weight excluding hydrogens is 242 g/mol. The Labute approximate surface area is 111 Å². The van der Waals surface area contributed by atoms with Crippen LogP contribution in [0.2, 0.25) is 0 Å². The van der Waals surface area contributed by atoms with Crippen molar-refractivity contribution in [2.75, 3.05) is 6.54 Å². The lowest BCUT2D eigenvalue weighted by Crippen LogP contribution is -2.19. The number of thiophene rings is 1. The van der Waals surface area contributed by atoms with Gasteiger partial charge in [0.2, 0.25) is 5.91 Å². The third-order valence-electron chi connectivity index (χ3n) is 2.44. The topological polar surface area (TPSA) is 29.1 Å². The fourth-order valence-corrected chi connectivity index (χ4v) is 2.52. The summed E-state index contributed by atoms with van der Waals surface area (Å²) in [6.45, 7) is 2.10. The second-order valence-electron chi connectivity index (χ2n) is 3.91. The molecule has 3 heteroatoms. The first kappa shape index (κ1) is 12.6. The lowest BCUT2D eigenvalue weighted by Gasteiger charge is -1.95. The summed E-state index contributed by atoms with van der Waals surface area (Å²) in [5.41, 5.74) is 1.24. The molecule has 1 heterocycles. The van der Waals surface area contributed by atoms with E-state index in [1.54, 1.807) is 11.3 Å². The van der Waals surface area contributed by atoms with Crippen LogP contribution in [0.25, 0.3) is 16.5 Å². The van der Waals surface area contributed by atoms with Gasteiger partial charge in [-0.1, -0.05) is 36.4 Å². The quantitative estimate of drug-likeness (QED) is 0.891. The molecule has 1 aromatic carbocycles. The smallest absolute Gasteiger partial charge is 0.217 e. The first-order valence-electron chi connectivity index (χ1n) is 5.82. The van der Waals surface area contributed by atoms with Crippen LogP contribution in [0.3, 0.4) is 0 Å². The number of nitrogens with one attached hydrogen (secondary N) is 1. The highest BCUT2D eigenvalue weighted by atomic mass is 32.1. The Kier molecular flexibility index (Phi) is 4.31. The summed E-state index contributed by atoms with van der Waals surface area (Å²) < 4.78 is 0. The average molecular weight is 257 g/mol. The van der Waals surface area contributed by atoms with Crippen LogP contribution in [-0.4, -0.2) is 12.5 Å². The first-order chi connectivity index (χ1) is 8.75. The minimum Gasteiger partial charge on any atom is -0.353 e. The van der Waals surface area contributed by atoms with Crippen LogP contribution >= 0.6 is 11.3 Å². The normalized spacial score (nSPS) is 10.7. The van der Waals surface area contributed by atoms with E-state index in [1.807, 2.05) is 30.4 Å². The van der Waals surface area contributed by atoms with Crippen molar-refractivity contribution < 1.29 is 4.79 Å². The Hall–Kier alpha value is -1.87. The van der Waals surface area contributed by atoms with E-state index in [4.69, 9.17) is 0 Å². The van der Waals surface area contributed by atoms with Gasteiger partial charge in [0.25, 0.3) is 0 Å². The van der Waals surface area contributed by atoms with Crippen LogP contribution in [0.4, 0.5) is 0 Å². The second kappa shape index (κ2) is 6.17. The molecule has 1 aromatic heterocycles. The van der Waals surface area contributed by atoms with Crippen molar-refractivity contribution in [1.82, 2.24) is 5.32 Å². The Morgan fingerprint density at radius 3 is 2.72 bits per heavy atom. The zero-order chi connectivity index (χ0) is 12.8. The van der Waals surface area contributed by atoms with E-state index < -0.39 is 0 Å². The summed E-state index contributed by atoms with van der Waals surface area (Å²) >= 11 is 1.75. The fraction of sp³-hybridized carbons (Fsp3) is 0.133. The van der Waals surface area contributed by atoms with Crippen molar-refractivity contribution >= 4 is 23.3 Å². The van der Waals surface area contributed by atoms with Gasteiger partial charge in [-0.05, 0) is 23.8 Å². The number of carbonyl (C=O) groups excluding carboxylic acids is 1. The van der Waals surface area contributed by atoms with Crippen molar-refractivity contribution in [2.45, 2.75) is 6.92 Å². The number of hydrogen-bond acceptors (Lipinski definition) is 2. The van der Waals surface area contributed by atoms with Crippen LogP contribution in [-0.2, 0) is 4.79 Å². The molecule has 2 aromatic rings. The van der Waals surface area contributed by atoms with Gasteiger partial charge in [0, 0.05) is 23.2 Å². The molecule has 0 fully saturated rings. The van der Waals surface area contributed by atoms with E-state index >= 15 is 0 Å². The van der Waals surface area contributed by atoms with Gasteiger partial charge in [0.1, 0.15) is 0 Å². The molecule has 92 valence electrons. The van der Waals surface area contributed by atoms with Crippen LogP contribution in [0, 0.1) is 0 Å². The predicted molar refractivity (Wildman–Crippen MR) is 77.5 cm³/mol. The molecular formula is C15H15NOS. The molecule has 2 nitrogen and oxygen atoms in total. The van der Waals surface area contributed by atoms with E-state index in [2.05, 4.69) is 29.6 Å². The summed E-state index contributed by atoms with van der Waals surface area (Å²) in [6.07, 6.45) is 4.00. The largest absolute Gasteiger partial charge is 0.353 e. The molecule has 0 aliphatic heterocycles. The highest BCUT2D eigenvalue weighted by Crippen LogP contribution is 2.28. The van der Waals surface area contributed by atoms with Crippen molar-refractivity contribution in [1.29, 1.82) is 0 Å². The molecule has 0 spiro atoms. The monoisotopic (exact) mass is 257 g/mol. The van der Waals surface area contributed by atoms with Gasteiger partial charge in [0.15, 0.2) is 0 Å². The highest BCUT2D eigenvalue weighted by Gasteiger charge is 1.99. The van der Waals surface area contributed by atoms with Crippen molar-refractivity contribution in [3.8, 4) is 10.4 Å². The zero-order valence-corrected chi connectivity index (χ0v) is 11.0. The summed E-state index contributed by atoms with van der Waals surface area (Å²) in [5, 5.41) is 2.73. The van der Waals surface area contributed by atoms with Crippen LogP contribution in [0.5, 0.6) is 0 Å². The molecule has 1 amide bonds. The lowest BCUT2D eigenvalue weighted by atomic mass is 10.2. The molecule has 0 saturated carbocycles. The summed E-state index contributed by atoms with van der Waals surface area (Å²) in [4.78, 5) is 13.2. The molecule has 0 radical (unpaired) electrons. The third-order valence-corrected chi connectivity index (χ3v) is 3.54. The number of hydrogen-bond donors (Lipinski definition) is 1. The molecule has 0 aliphatic rings. The van der Waals surface area contributed by atoms with Gasteiger partial charge in [-0.2, -0.15) is 0 Å². The number of carbonyl (C=O) groups is 1. The van der Waals surface area contributed by atoms with Crippen LogP contribution in [0.15, 0.2) is 48.5 Å². The first-order valence-corrected chi connectivity index (χ1v) is 6.63. The molecule has 0 unspecified atom stereocenters. The van der Waals surface area contributed by atoms with Crippen molar-refractivity contribution in [3.63, 3.8) is 0 Å². The second-order valence-corrected chi connectivity index (χ2v) is 5.02. The van der Waals surface area contributed by atoms with E-state index in [1.165, 1.54) is 22.2 Å². The summed E-state index contributed by atoms with van der Waals surface area (Å²) in [5.74, 6) is -0.00389. The van der Waals surface area contributed by atoms with E-state index in [-0.39, 0.29) is 5.91 Å². The number of rotatable bonds is 4. The maximum Gasteiger partial charge on any atom is 0.217 e. The van der Waals surface area contributed by atoms with Gasteiger partial charge in [-0.25, -0.2) is 0 Å². The number of benzene rings is 1. The molecule has 0 aliphatic carbocycles. The summed E-state index contributed by atoms with van der Waals surface area (Å²) in [7, 11) is 0.